The summed E-state index contributed by atoms with van der Waals surface area (Å²) in [6.45, 7) is 1.82. The van der Waals surface area contributed by atoms with E-state index < -0.39 is 64.7 Å². The molecule has 1 atom stereocenters. The van der Waals surface area contributed by atoms with Crippen LogP contribution >= 0.6 is 0 Å². The van der Waals surface area contributed by atoms with Crippen molar-refractivity contribution in [3.63, 3.8) is 0 Å². The summed E-state index contributed by atoms with van der Waals surface area (Å²) in [6.07, 6.45) is -10.3. The molecule has 2 aromatic heterocycles. The fourth-order valence-corrected chi connectivity index (χ4v) is 3.53. The largest absolute Gasteiger partial charge is 0.426 e. The summed E-state index contributed by atoms with van der Waals surface area (Å²) in [6, 6.07) is 0.450. The molecular formula is C19H21F6N5O3. The predicted octanol–water partition coefficient (Wildman–Crippen LogP) is 3.91. The van der Waals surface area contributed by atoms with Crippen LogP contribution in [0.15, 0.2) is 10.5 Å². The van der Waals surface area contributed by atoms with Crippen LogP contribution in [-0.4, -0.2) is 50.4 Å². The number of fused-ring (bicyclic) bond motifs is 5. The highest BCUT2D eigenvalue weighted by molar-refractivity contribution is 5.95. The average molecular weight is 481 g/mol. The molecule has 3 N–H and O–H groups in total. The minimum atomic E-state index is -5.16. The molecular weight excluding hydrogens is 460 g/mol. The van der Waals surface area contributed by atoms with E-state index in [4.69, 9.17) is 10.2 Å². The van der Waals surface area contributed by atoms with Gasteiger partial charge in [-0.3, -0.25) is 4.79 Å². The molecule has 0 radical (unpaired) electrons. The van der Waals surface area contributed by atoms with Gasteiger partial charge in [-0.1, -0.05) is 13.3 Å². The third-order valence-corrected chi connectivity index (χ3v) is 5.26. The minimum absolute atomic E-state index is 0.00575. The van der Waals surface area contributed by atoms with Crippen LogP contribution in [0.2, 0.25) is 0 Å². The standard InChI is InChI=1S/C19H21F6N5O3/c1-2-7-30-8-5-3-4-6-17(32,19(23,24)25)16-29-28-14(33-16)13-11(26)9-10(18(20,21)22)12(27-13)15(30)31/h9,32H,2-8,26H2,1H3/t17-/m1/s1. The lowest BCUT2D eigenvalue weighted by Gasteiger charge is -2.27. The molecule has 0 unspecified atom stereocenters. The first-order valence-electron chi connectivity index (χ1n) is 10.1. The molecule has 1 aliphatic heterocycles. The Morgan fingerprint density at radius 1 is 1.15 bits per heavy atom. The number of halogens is 6. The van der Waals surface area contributed by atoms with Gasteiger partial charge >= 0.3 is 12.4 Å². The number of amides is 1. The Kier molecular flexibility index (Phi) is 6.60. The molecule has 0 saturated carbocycles. The van der Waals surface area contributed by atoms with E-state index in [9.17, 15) is 36.2 Å². The van der Waals surface area contributed by atoms with E-state index in [2.05, 4.69) is 15.2 Å². The van der Waals surface area contributed by atoms with Crippen LogP contribution < -0.4 is 5.73 Å². The first kappa shape index (κ1) is 24.7. The van der Waals surface area contributed by atoms with Crippen molar-refractivity contribution in [3.05, 3.63) is 23.2 Å². The van der Waals surface area contributed by atoms with Gasteiger partial charge < -0.3 is 20.2 Å². The highest BCUT2D eigenvalue weighted by Crippen LogP contribution is 2.43. The minimum Gasteiger partial charge on any atom is -0.416 e. The maximum absolute atomic E-state index is 13.7. The van der Waals surface area contributed by atoms with Gasteiger partial charge in [-0.05, 0) is 31.7 Å². The zero-order chi connectivity index (χ0) is 24.6. The number of pyridine rings is 1. The molecule has 1 aliphatic rings. The molecule has 3 heterocycles. The smallest absolute Gasteiger partial charge is 0.416 e. The van der Waals surface area contributed by atoms with Crippen molar-refractivity contribution in [2.75, 3.05) is 18.8 Å². The van der Waals surface area contributed by atoms with Crippen molar-refractivity contribution < 1.29 is 40.7 Å². The van der Waals surface area contributed by atoms with E-state index in [0.717, 1.165) is 4.90 Å². The van der Waals surface area contributed by atoms with Crippen LogP contribution in [0.3, 0.4) is 0 Å². The van der Waals surface area contributed by atoms with Crippen LogP contribution in [0.4, 0.5) is 32.0 Å². The van der Waals surface area contributed by atoms with Gasteiger partial charge in [0.25, 0.3) is 17.7 Å². The highest BCUT2D eigenvalue weighted by atomic mass is 19.4. The fraction of sp³-hybridized carbons (Fsp3) is 0.579. The van der Waals surface area contributed by atoms with Gasteiger partial charge in [0.15, 0.2) is 5.69 Å². The van der Waals surface area contributed by atoms with Gasteiger partial charge in [0.1, 0.15) is 5.69 Å². The molecule has 4 bridgehead atoms. The van der Waals surface area contributed by atoms with Crippen molar-refractivity contribution in [1.29, 1.82) is 0 Å². The van der Waals surface area contributed by atoms with Gasteiger partial charge in [0.05, 0.1) is 11.3 Å². The average Bonchev–Trinajstić information content (AvgIpc) is 3.20. The summed E-state index contributed by atoms with van der Waals surface area (Å²) in [5, 5.41) is 17.0. The van der Waals surface area contributed by atoms with E-state index in [1.165, 1.54) is 0 Å². The molecule has 0 aromatic carbocycles. The molecule has 0 aliphatic carbocycles. The van der Waals surface area contributed by atoms with Gasteiger partial charge in [-0.15, -0.1) is 10.2 Å². The number of aromatic nitrogens is 3. The lowest BCUT2D eigenvalue weighted by molar-refractivity contribution is -0.277. The second-order valence-electron chi connectivity index (χ2n) is 7.69. The number of aliphatic hydroxyl groups is 1. The molecule has 1 amide bonds. The maximum atomic E-state index is 13.7. The molecule has 3 rings (SSSR count). The number of carbonyl (C=O) groups excluding carboxylic acids is 1. The van der Waals surface area contributed by atoms with Crippen molar-refractivity contribution in [3.8, 4) is 11.6 Å². The number of rotatable bonds is 2. The summed E-state index contributed by atoms with van der Waals surface area (Å²) in [4.78, 5) is 17.9. The SMILES string of the molecule is CCCN1CCCCC[C@](O)(C(F)(F)F)c2nnc(o2)-c2nc(c(C(F)(F)F)cc2N)C1=O. The Morgan fingerprint density at radius 2 is 1.85 bits per heavy atom. The van der Waals surface area contributed by atoms with Gasteiger partial charge in [0.2, 0.25) is 5.60 Å². The lowest BCUT2D eigenvalue weighted by Crippen LogP contribution is -2.42. The molecule has 8 nitrogen and oxygen atoms in total. The second kappa shape index (κ2) is 8.80. The zero-order valence-corrected chi connectivity index (χ0v) is 17.4. The lowest BCUT2D eigenvalue weighted by atomic mass is 9.95. The van der Waals surface area contributed by atoms with Crippen molar-refractivity contribution in [2.24, 2.45) is 0 Å². The maximum Gasteiger partial charge on any atom is 0.426 e. The van der Waals surface area contributed by atoms with E-state index in [-0.39, 0.29) is 32.4 Å². The van der Waals surface area contributed by atoms with Crippen LogP contribution in [0, 0.1) is 0 Å². The van der Waals surface area contributed by atoms with Crippen molar-refractivity contribution in [2.45, 2.75) is 57.0 Å². The normalized spacial score (nSPS) is 20.6. The Morgan fingerprint density at radius 3 is 2.45 bits per heavy atom. The Hall–Kier alpha value is -2.90. The molecule has 33 heavy (non-hydrogen) atoms. The van der Waals surface area contributed by atoms with Crippen LogP contribution in [0.1, 0.15) is 61.0 Å². The fourth-order valence-electron chi connectivity index (χ4n) is 3.53. The van der Waals surface area contributed by atoms with E-state index in [1.807, 2.05) is 0 Å². The molecule has 2 aromatic rings. The summed E-state index contributed by atoms with van der Waals surface area (Å²) in [5.41, 5.74) is -1.42. The third-order valence-electron chi connectivity index (χ3n) is 5.26. The number of hydrogen-bond donors (Lipinski definition) is 2. The monoisotopic (exact) mass is 481 g/mol. The van der Waals surface area contributed by atoms with Crippen molar-refractivity contribution >= 4 is 11.6 Å². The number of anilines is 1. The van der Waals surface area contributed by atoms with E-state index >= 15 is 0 Å². The number of hydrogen-bond acceptors (Lipinski definition) is 7. The second-order valence-corrected chi connectivity index (χ2v) is 7.69. The first-order valence-corrected chi connectivity index (χ1v) is 10.1. The number of alkyl halides is 6. The van der Waals surface area contributed by atoms with Crippen LogP contribution in [-0.2, 0) is 11.8 Å². The Labute approximate surface area is 183 Å². The van der Waals surface area contributed by atoms with E-state index in [1.54, 1.807) is 6.92 Å². The number of carbonyl (C=O) groups is 1. The van der Waals surface area contributed by atoms with Crippen LogP contribution in [0.5, 0.6) is 0 Å². The topological polar surface area (TPSA) is 118 Å². The number of nitrogen functional groups attached to an aromatic ring is 1. The number of nitrogens with zero attached hydrogens (tertiary/aromatic N) is 4. The summed E-state index contributed by atoms with van der Waals surface area (Å²) in [7, 11) is 0. The Bertz CT molecular complexity index is 1020. The van der Waals surface area contributed by atoms with Crippen molar-refractivity contribution in [1.82, 2.24) is 20.1 Å². The number of nitrogens with two attached hydrogens (primary N) is 1. The van der Waals surface area contributed by atoms with Crippen LogP contribution in [0.25, 0.3) is 11.6 Å². The zero-order valence-electron chi connectivity index (χ0n) is 17.4. The summed E-state index contributed by atoms with van der Waals surface area (Å²) >= 11 is 0. The predicted molar refractivity (Wildman–Crippen MR) is 102 cm³/mol. The first-order chi connectivity index (χ1) is 15.3. The molecule has 182 valence electrons. The quantitative estimate of drug-likeness (QED) is 0.625. The molecule has 0 saturated heterocycles. The third kappa shape index (κ3) is 4.75. The molecule has 0 spiro atoms. The molecule has 0 fully saturated rings. The van der Waals surface area contributed by atoms with Gasteiger partial charge in [-0.2, -0.15) is 26.3 Å². The van der Waals surface area contributed by atoms with E-state index in [0.29, 0.717) is 12.5 Å². The van der Waals surface area contributed by atoms with Gasteiger partial charge in [-0.25, -0.2) is 4.98 Å². The Balaban J connectivity index is 2.24. The summed E-state index contributed by atoms with van der Waals surface area (Å²) < 4.78 is 86.9. The highest BCUT2D eigenvalue weighted by Gasteiger charge is 2.58. The van der Waals surface area contributed by atoms with Gasteiger partial charge in [0, 0.05) is 13.1 Å². The summed E-state index contributed by atoms with van der Waals surface area (Å²) in [5.74, 6) is -2.95. The molecule has 14 heteroatoms.